The molecule has 4 nitrogen and oxygen atoms in total. The van der Waals surface area contributed by atoms with Crippen molar-refractivity contribution in [3.8, 4) is 0 Å². The predicted octanol–water partition coefficient (Wildman–Crippen LogP) is 4.15. The van der Waals surface area contributed by atoms with Gasteiger partial charge in [-0.1, -0.05) is 42.5 Å². The van der Waals surface area contributed by atoms with Crippen LogP contribution in [0.1, 0.15) is 17.0 Å². The molecule has 0 saturated heterocycles. The number of halogens is 1. The number of nitrogens with one attached hydrogen (secondary N) is 2. The molecule has 0 aliphatic carbocycles. The first-order chi connectivity index (χ1) is 11.7. The van der Waals surface area contributed by atoms with Gasteiger partial charge in [0.15, 0.2) is 0 Å². The van der Waals surface area contributed by atoms with Gasteiger partial charge in [0.1, 0.15) is 23.3 Å². The fraction of sp³-hybridized carbons (Fsp3) is 0.158. The monoisotopic (exact) mass is 322 g/mol. The minimum Gasteiger partial charge on any atom is -0.366 e. The van der Waals surface area contributed by atoms with Gasteiger partial charge in [0, 0.05) is 19.2 Å². The lowest BCUT2D eigenvalue weighted by atomic mass is 10.2. The summed E-state index contributed by atoms with van der Waals surface area (Å²) in [5.41, 5.74) is 2.18. The van der Waals surface area contributed by atoms with Crippen LogP contribution in [0.3, 0.4) is 0 Å². The first-order valence-electron chi connectivity index (χ1n) is 7.81. The summed E-state index contributed by atoms with van der Waals surface area (Å²) in [6.07, 6.45) is 0. The van der Waals surface area contributed by atoms with Crippen LogP contribution >= 0.6 is 0 Å². The number of aryl methyl sites for hydroxylation is 1. The molecule has 0 saturated carbocycles. The van der Waals surface area contributed by atoms with Gasteiger partial charge in [-0.05, 0) is 30.2 Å². The topological polar surface area (TPSA) is 49.8 Å². The van der Waals surface area contributed by atoms with Crippen LogP contribution in [-0.4, -0.2) is 9.97 Å². The molecule has 5 heteroatoms. The van der Waals surface area contributed by atoms with Crippen LogP contribution < -0.4 is 10.6 Å². The lowest BCUT2D eigenvalue weighted by molar-refractivity contribution is 0.627. The molecule has 0 atom stereocenters. The van der Waals surface area contributed by atoms with Gasteiger partial charge in [-0.2, -0.15) is 0 Å². The maximum Gasteiger partial charge on any atom is 0.132 e. The van der Waals surface area contributed by atoms with Gasteiger partial charge in [0.25, 0.3) is 0 Å². The zero-order chi connectivity index (χ0) is 16.8. The highest BCUT2D eigenvalue weighted by molar-refractivity contribution is 5.48. The van der Waals surface area contributed by atoms with Crippen molar-refractivity contribution in [2.75, 3.05) is 10.6 Å². The van der Waals surface area contributed by atoms with Crippen molar-refractivity contribution in [1.29, 1.82) is 0 Å². The predicted molar refractivity (Wildman–Crippen MR) is 94.3 cm³/mol. The Labute approximate surface area is 140 Å². The Morgan fingerprint density at radius 2 is 1.33 bits per heavy atom. The Bertz CT molecular complexity index is 788. The van der Waals surface area contributed by atoms with E-state index in [2.05, 4.69) is 32.7 Å². The van der Waals surface area contributed by atoms with Crippen molar-refractivity contribution >= 4 is 11.6 Å². The molecule has 24 heavy (non-hydrogen) atoms. The molecule has 122 valence electrons. The average molecular weight is 322 g/mol. The van der Waals surface area contributed by atoms with E-state index in [-0.39, 0.29) is 5.82 Å². The van der Waals surface area contributed by atoms with Gasteiger partial charge in [-0.25, -0.2) is 14.4 Å². The molecular formula is C19H19FN4. The standard InChI is InChI=1S/C19H19FN4/c1-14-23-18(21-12-15-5-3-2-4-6-15)11-19(24-14)22-13-16-7-9-17(20)10-8-16/h2-11H,12-13H2,1H3,(H2,21,22,23,24). The molecule has 0 spiro atoms. The minimum absolute atomic E-state index is 0.232. The van der Waals surface area contributed by atoms with E-state index in [1.807, 2.05) is 31.2 Å². The Kier molecular flexibility index (Phi) is 5.01. The second-order valence-corrected chi connectivity index (χ2v) is 5.50. The van der Waals surface area contributed by atoms with Gasteiger partial charge in [-0.3, -0.25) is 0 Å². The third-order valence-electron chi connectivity index (χ3n) is 3.54. The molecule has 2 N–H and O–H groups in total. The third-order valence-corrected chi connectivity index (χ3v) is 3.54. The summed E-state index contributed by atoms with van der Waals surface area (Å²) in [5.74, 6) is 1.97. The van der Waals surface area contributed by atoms with Crippen molar-refractivity contribution in [3.63, 3.8) is 0 Å². The summed E-state index contributed by atoms with van der Waals surface area (Å²) >= 11 is 0. The van der Waals surface area contributed by atoms with Crippen LogP contribution in [0.5, 0.6) is 0 Å². The Morgan fingerprint density at radius 1 is 0.792 bits per heavy atom. The van der Waals surface area contributed by atoms with Crippen molar-refractivity contribution in [2.45, 2.75) is 20.0 Å². The van der Waals surface area contributed by atoms with E-state index in [4.69, 9.17) is 0 Å². The van der Waals surface area contributed by atoms with E-state index < -0.39 is 0 Å². The van der Waals surface area contributed by atoms with Gasteiger partial charge < -0.3 is 10.6 Å². The van der Waals surface area contributed by atoms with Crippen LogP contribution in [0.25, 0.3) is 0 Å². The Balaban J connectivity index is 1.63. The molecule has 1 heterocycles. The Morgan fingerprint density at radius 3 is 1.92 bits per heavy atom. The smallest absolute Gasteiger partial charge is 0.132 e. The molecule has 0 amide bonds. The highest BCUT2D eigenvalue weighted by Crippen LogP contribution is 2.14. The van der Waals surface area contributed by atoms with E-state index in [1.165, 1.54) is 17.7 Å². The van der Waals surface area contributed by atoms with Crippen LogP contribution in [0.15, 0.2) is 60.7 Å². The quantitative estimate of drug-likeness (QED) is 0.716. The molecule has 3 rings (SSSR count). The molecule has 3 aromatic rings. The van der Waals surface area contributed by atoms with Crippen LogP contribution in [0.2, 0.25) is 0 Å². The summed E-state index contributed by atoms with van der Waals surface area (Å²) in [6.45, 7) is 3.14. The zero-order valence-corrected chi connectivity index (χ0v) is 13.5. The first kappa shape index (κ1) is 15.9. The second kappa shape index (κ2) is 7.55. The lowest BCUT2D eigenvalue weighted by Gasteiger charge is -2.10. The van der Waals surface area contributed by atoms with E-state index in [1.54, 1.807) is 12.1 Å². The van der Waals surface area contributed by atoms with Crippen molar-refractivity contribution in [1.82, 2.24) is 9.97 Å². The number of hydrogen-bond acceptors (Lipinski definition) is 4. The van der Waals surface area contributed by atoms with Gasteiger partial charge in [0.05, 0.1) is 0 Å². The summed E-state index contributed by atoms with van der Waals surface area (Å²) in [7, 11) is 0. The van der Waals surface area contributed by atoms with Crippen LogP contribution in [0.4, 0.5) is 16.0 Å². The molecule has 0 fully saturated rings. The minimum atomic E-state index is -0.232. The largest absolute Gasteiger partial charge is 0.366 e. The zero-order valence-electron chi connectivity index (χ0n) is 13.5. The average Bonchev–Trinajstić information content (AvgIpc) is 2.60. The summed E-state index contributed by atoms with van der Waals surface area (Å²) < 4.78 is 12.9. The normalized spacial score (nSPS) is 10.4. The van der Waals surface area contributed by atoms with Gasteiger partial charge >= 0.3 is 0 Å². The maximum atomic E-state index is 12.9. The van der Waals surface area contributed by atoms with Crippen LogP contribution in [0, 0.1) is 12.7 Å². The van der Waals surface area contributed by atoms with Gasteiger partial charge in [-0.15, -0.1) is 0 Å². The molecule has 2 aromatic carbocycles. The lowest BCUT2D eigenvalue weighted by Crippen LogP contribution is -2.07. The number of hydrogen-bond donors (Lipinski definition) is 2. The first-order valence-corrected chi connectivity index (χ1v) is 7.81. The Hall–Kier alpha value is -2.95. The fourth-order valence-electron chi connectivity index (χ4n) is 2.33. The van der Waals surface area contributed by atoms with Crippen molar-refractivity contribution in [2.24, 2.45) is 0 Å². The van der Waals surface area contributed by atoms with E-state index in [0.29, 0.717) is 18.9 Å². The number of aromatic nitrogens is 2. The highest BCUT2D eigenvalue weighted by atomic mass is 19.1. The number of rotatable bonds is 6. The highest BCUT2D eigenvalue weighted by Gasteiger charge is 2.02. The molecule has 0 bridgehead atoms. The summed E-state index contributed by atoms with van der Waals surface area (Å²) in [5, 5.41) is 6.55. The van der Waals surface area contributed by atoms with E-state index in [0.717, 1.165) is 17.2 Å². The summed E-state index contributed by atoms with van der Waals surface area (Å²) in [6, 6.07) is 18.4. The molecule has 1 aromatic heterocycles. The van der Waals surface area contributed by atoms with Gasteiger partial charge in [0.2, 0.25) is 0 Å². The second-order valence-electron chi connectivity index (χ2n) is 5.50. The van der Waals surface area contributed by atoms with Crippen molar-refractivity contribution in [3.05, 3.63) is 83.4 Å². The fourth-order valence-corrected chi connectivity index (χ4v) is 2.33. The van der Waals surface area contributed by atoms with E-state index >= 15 is 0 Å². The molecule has 0 aliphatic rings. The third kappa shape index (κ3) is 4.52. The molecule has 0 radical (unpaired) electrons. The molecule has 0 aliphatic heterocycles. The van der Waals surface area contributed by atoms with Crippen molar-refractivity contribution < 1.29 is 4.39 Å². The molecule has 0 unspecified atom stereocenters. The SMILES string of the molecule is Cc1nc(NCc2ccccc2)cc(NCc2ccc(F)cc2)n1. The number of anilines is 2. The number of nitrogens with zero attached hydrogens (tertiary/aromatic N) is 2. The maximum absolute atomic E-state index is 12.9. The molecular weight excluding hydrogens is 303 g/mol. The van der Waals surface area contributed by atoms with Crippen LogP contribution in [-0.2, 0) is 13.1 Å². The summed E-state index contributed by atoms with van der Waals surface area (Å²) in [4.78, 5) is 8.79. The number of benzene rings is 2. The van der Waals surface area contributed by atoms with E-state index in [9.17, 15) is 4.39 Å².